The first-order valence-corrected chi connectivity index (χ1v) is 7.53. The molecule has 1 aromatic heterocycles. The number of anilines is 1. The van der Waals surface area contributed by atoms with Crippen LogP contribution >= 0.6 is 23.2 Å². The number of fused-ring (bicyclic) bond motifs is 1. The molecule has 0 atom stereocenters. The van der Waals surface area contributed by atoms with Gasteiger partial charge in [-0.2, -0.15) is 5.10 Å². The molecular weight excluding hydrogens is 327 g/mol. The van der Waals surface area contributed by atoms with Crippen molar-refractivity contribution in [3.8, 4) is 5.75 Å². The first kappa shape index (κ1) is 15.1. The van der Waals surface area contributed by atoms with E-state index in [0.29, 0.717) is 28.2 Å². The van der Waals surface area contributed by atoms with Gasteiger partial charge >= 0.3 is 0 Å². The predicted molar refractivity (Wildman–Crippen MR) is 84.6 cm³/mol. The van der Waals surface area contributed by atoms with Gasteiger partial charge in [0.25, 0.3) is 5.91 Å². The molecule has 0 spiro atoms. The lowest BCUT2D eigenvalue weighted by atomic mass is 10.1. The third-order valence-corrected chi connectivity index (χ3v) is 3.85. The second-order valence-corrected chi connectivity index (χ2v) is 5.71. The highest BCUT2D eigenvalue weighted by atomic mass is 35.5. The molecule has 0 bridgehead atoms. The fraction of sp³-hybridized carbons (Fsp3) is 0.286. The molecule has 0 unspecified atom stereocenters. The van der Waals surface area contributed by atoms with Crippen LogP contribution in [0.1, 0.15) is 11.3 Å². The van der Waals surface area contributed by atoms with E-state index in [-0.39, 0.29) is 12.5 Å². The fourth-order valence-corrected chi connectivity index (χ4v) is 2.70. The van der Waals surface area contributed by atoms with Gasteiger partial charge in [0.15, 0.2) is 12.4 Å². The van der Waals surface area contributed by atoms with Crippen LogP contribution in [0.3, 0.4) is 0 Å². The number of carbonyl (C=O) groups excluding carboxylic acids is 1. The molecule has 0 saturated carbocycles. The van der Waals surface area contributed by atoms with Gasteiger partial charge in [0.05, 0.1) is 5.02 Å². The van der Waals surface area contributed by atoms with Crippen LogP contribution in [0.25, 0.3) is 0 Å². The maximum absolute atomic E-state index is 12.0. The van der Waals surface area contributed by atoms with Crippen LogP contribution in [0, 0.1) is 0 Å². The Bertz CT molecular complexity index is 702. The minimum Gasteiger partial charge on any atom is -0.482 e. The molecule has 1 aliphatic rings. The molecule has 3 N–H and O–H groups in total. The Morgan fingerprint density at radius 2 is 2.27 bits per heavy atom. The second kappa shape index (κ2) is 6.56. The van der Waals surface area contributed by atoms with E-state index in [2.05, 4.69) is 20.8 Å². The zero-order valence-corrected chi connectivity index (χ0v) is 13.1. The highest BCUT2D eigenvalue weighted by molar-refractivity contribution is 6.35. The Labute approximate surface area is 137 Å². The van der Waals surface area contributed by atoms with Crippen LogP contribution in [0.5, 0.6) is 5.75 Å². The normalized spacial score (nSPS) is 13.5. The second-order valence-electron chi connectivity index (χ2n) is 4.87. The highest BCUT2D eigenvalue weighted by Crippen LogP contribution is 2.27. The van der Waals surface area contributed by atoms with E-state index in [0.717, 1.165) is 24.2 Å². The summed E-state index contributed by atoms with van der Waals surface area (Å²) in [6, 6.07) is 4.83. The van der Waals surface area contributed by atoms with E-state index in [4.69, 9.17) is 27.9 Å². The van der Waals surface area contributed by atoms with Crippen LogP contribution in [0.2, 0.25) is 10.0 Å². The number of carbonyl (C=O) groups is 1. The predicted octanol–water partition coefficient (Wildman–Crippen LogP) is 2.38. The number of hydrogen-bond donors (Lipinski definition) is 3. The number of amides is 1. The smallest absolute Gasteiger partial charge is 0.263 e. The molecule has 6 nitrogen and oxygen atoms in total. The lowest BCUT2D eigenvalue weighted by Crippen LogP contribution is -2.25. The third kappa shape index (κ3) is 3.35. The molecule has 0 saturated heterocycles. The van der Waals surface area contributed by atoms with Crippen LogP contribution in [-0.2, 0) is 17.8 Å². The average Bonchev–Trinajstić information content (AvgIpc) is 2.90. The van der Waals surface area contributed by atoms with Crippen molar-refractivity contribution in [1.82, 2.24) is 15.5 Å². The van der Waals surface area contributed by atoms with E-state index in [1.165, 1.54) is 0 Å². The molecule has 0 aliphatic carbocycles. The largest absolute Gasteiger partial charge is 0.482 e. The summed E-state index contributed by atoms with van der Waals surface area (Å²) < 4.78 is 5.39. The summed E-state index contributed by atoms with van der Waals surface area (Å²) in [5.74, 6) is 0.649. The standard InChI is InChI=1S/C14H14Cl2N4O2/c15-8-1-2-12(10(16)5-8)22-7-13(21)18-14-9-6-17-4-3-11(9)19-20-14/h1-2,5,17H,3-4,6-7H2,(H2,18,19,20,21). The lowest BCUT2D eigenvalue weighted by molar-refractivity contribution is -0.118. The van der Waals surface area contributed by atoms with Crippen molar-refractivity contribution in [1.29, 1.82) is 0 Å². The Morgan fingerprint density at radius 3 is 3.09 bits per heavy atom. The van der Waals surface area contributed by atoms with E-state index in [1.54, 1.807) is 18.2 Å². The van der Waals surface area contributed by atoms with Crippen molar-refractivity contribution < 1.29 is 9.53 Å². The van der Waals surface area contributed by atoms with Crippen LogP contribution in [0.4, 0.5) is 5.82 Å². The van der Waals surface area contributed by atoms with Crippen molar-refractivity contribution in [2.75, 3.05) is 18.5 Å². The molecule has 1 aliphatic heterocycles. The third-order valence-electron chi connectivity index (χ3n) is 3.32. The van der Waals surface area contributed by atoms with Crippen LogP contribution < -0.4 is 15.4 Å². The molecule has 0 fully saturated rings. The maximum atomic E-state index is 12.0. The van der Waals surface area contributed by atoms with Crippen LogP contribution in [-0.4, -0.2) is 29.3 Å². The van der Waals surface area contributed by atoms with Crippen molar-refractivity contribution in [3.63, 3.8) is 0 Å². The minimum absolute atomic E-state index is 0.156. The molecule has 3 rings (SSSR count). The van der Waals surface area contributed by atoms with Gasteiger partial charge in [-0.3, -0.25) is 9.89 Å². The summed E-state index contributed by atoms with van der Waals surface area (Å²) >= 11 is 11.8. The molecule has 1 aromatic carbocycles. The Balaban J connectivity index is 1.60. The summed E-state index contributed by atoms with van der Waals surface area (Å²) in [5.41, 5.74) is 2.04. The lowest BCUT2D eigenvalue weighted by Gasteiger charge is -2.13. The van der Waals surface area contributed by atoms with Gasteiger partial charge in [0, 0.05) is 35.8 Å². The van der Waals surface area contributed by atoms with Gasteiger partial charge in [0.1, 0.15) is 5.75 Å². The molecule has 0 radical (unpaired) electrons. The highest BCUT2D eigenvalue weighted by Gasteiger charge is 2.18. The summed E-state index contributed by atoms with van der Waals surface area (Å²) in [6.45, 7) is 1.43. The SMILES string of the molecule is O=C(COc1ccc(Cl)cc1Cl)Nc1n[nH]c2c1CNCC2. The van der Waals surface area contributed by atoms with Gasteiger partial charge in [-0.1, -0.05) is 23.2 Å². The van der Waals surface area contributed by atoms with Gasteiger partial charge in [-0.25, -0.2) is 0 Å². The van der Waals surface area contributed by atoms with Crippen molar-refractivity contribution in [2.45, 2.75) is 13.0 Å². The van der Waals surface area contributed by atoms with Crippen LogP contribution in [0.15, 0.2) is 18.2 Å². The number of aromatic amines is 1. The number of nitrogens with zero attached hydrogens (tertiary/aromatic N) is 1. The minimum atomic E-state index is -0.300. The quantitative estimate of drug-likeness (QED) is 0.798. The monoisotopic (exact) mass is 340 g/mol. The van der Waals surface area contributed by atoms with Crippen molar-refractivity contribution in [3.05, 3.63) is 39.5 Å². The first-order chi connectivity index (χ1) is 10.6. The first-order valence-electron chi connectivity index (χ1n) is 6.78. The topological polar surface area (TPSA) is 79.0 Å². The zero-order valence-electron chi connectivity index (χ0n) is 11.6. The molecule has 2 heterocycles. The van der Waals surface area contributed by atoms with E-state index < -0.39 is 0 Å². The average molecular weight is 341 g/mol. The van der Waals surface area contributed by atoms with Gasteiger partial charge < -0.3 is 15.4 Å². The Morgan fingerprint density at radius 1 is 1.41 bits per heavy atom. The van der Waals surface area contributed by atoms with Gasteiger partial charge in [-0.05, 0) is 18.2 Å². The number of benzene rings is 1. The maximum Gasteiger partial charge on any atom is 0.263 e. The number of rotatable bonds is 4. The summed E-state index contributed by atoms with van der Waals surface area (Å²) in [5, 5.41) is 13.9. The summed E-state index contributed by atoms with van der Waals surface area (Å²) in [7, 11) is 0. The van der Waals surface area contributed by atoms with Crippen molar-refractivity contribution in [2.24, 2.45) is 0 Å². The van der Waals surface area contributed by atoms with Gasteiger partial charge in [0.2, 0.25) is 0 Å². The van der Waals surface area contributed by atoms with Crippen molar-refractivity contribution >= 4 is 34.9 Å². The number of hydrogen-bond acceptors (Lipinski definition) is 4. The fourth-order valence-electron chi connectivity index (χ4n) is 2.23. The molecule has 8 heteroatoms. The number of nitrogens with one attached hydrogen (secondary N) is 3. The Hall–Kier alpha value is -1.76. The number of halogens is 2. The van der Waals surface area contributed by atoms with E-state index >= 15 is 0 Å². The summed E-state index contributed by atoms with van der Waals surface area (Å²) in [4.78, 5) is 12.0. The van der Waals surface area contributed by atoms with E-state index in [1.807, 2.05) is 0 Å². The Kier molecular flexibility index (Phi) is 4.52. The zero-order chi connectivity index (χ0) is 15.5. The molecular formula is C14H14Cl2N4O2. The number of ether oxygens (including phenoxy) is 1. The van der Waals surface area contributed by atoms with E-state index in [9.17, 15) is 4.79 Å². The molecule has 116 valence electrons. The molecule has 1 amide bonds. The van der Waals surface area contributed by atoms with Gasteiger partial charge in [-0.15, -0.1) is 0 Å². The molecule has 2 aromatic rings. The molecule has 22 heavy (non-hydrogen) atoms. The summed E-state index contributed by atoms with van der Waals surface area (Å²) in [6.07, 6.45) is 0.870. The number of aromatic nitrogens is 2. The number of H-pyrrole nitrogens is 1.